The number of H-pyrrole nitrogens is 1. The van der Waals surface area contributed by atoms with Gasteiger partial charge in [0.05, 0.1) is 84.2 Å². The quantitative estimate of drug-likeness (QED) is 0.00918. The number of thiazole rings is 1. The first-order valence-electron chi connectivity index (χ1n) is 43.6. The van der Waals surface area contributed by atoms with Crippen LogP contribution in [0.15, 0.2) is 256 Å². The molecule has 9 aromatic carbocycles. The van der Waals surface area contributed by atoms with Crippen molar-refractivity contribution in [1.82, 2.24) is 33.6 Å². The van der Waals surface area contributed by atoms with Crippen LogP contribution >= 0.6 is 38.8 Å². The first kappa shape index (κ1) is 99.6. The number of nitrogen functional groups attached to an aromatic ring is 1. The highest BCUT2D eigenvalue weighted by atomic mass is 79.9. The van der Waals surface area contributed by atoms with Gasteiger partial charge < -0.3 is 60.2 Å². The van der Waals surface area contributed by atoms with Crippen LogP contribution in [0.4, 0.5) is 28.4 Å². The van der Waals surface area contributed by atoms with Crippen molar-refractivity contribution in [3.05, 3.63) is 295 Å². The number of ether oxygens (including phenoxy) is 5. The van der Waals surface area contributed by atoms with Crippen molar-refractivity contribution in [2.45, 2.75) is 127 Å². The van der Waals surface area contributed by atoms with Crippen LogP contribution < -0.4 is 61.9 Å². The number of carbonyl (C=O) groups excluding carboxylic acids is 8. The third-order valence-corrected chi connectivity index (χ3v) is 26.2. The summed E-state index contributed by atoms with van der Waals surface area (Å²) in [6.45, 7) is 5.74. The molecule has 6 aromatic heterocycles. The number of para-hydroxylation sites is 3. The molecule has 1 aliphatic carbocycles. The summed E-state index contributed by atoms with van der Waals surface area (Å²) in [6, 6.07) is 66.0. The Balaban J connectivity index is 0.000000154. The van der Waals surface area contributed by atoms with E-state index in [1.807, 2.05) is 122 Å². The molecule has 1 saturated carbocycles. The van der Waals surface area contributed by atoms with Gasteiger partial charge in [0.1, 0.15) is 49.6 Å². The Bertz CT molecular complexity index is 7050. The molecule has 1 fully saturated rings. The highest BCUT2D eigenvalue weighted by molar-refractivity contribution is 9.10. The average Bonchev–Trinajstić information content (AvgIpc) is 0.920. The molecular formula is C102H104BrN13O16S3. The number of nitrogens with two attached hydrogens (primary N) is 1. The van der Waals surface area contributed by atoms with Crippen molar-refractivity contribution >= 4 is 173 Å². The lowest BCUT2D eigenvalue weighted by atomic mass is 9.95. The van der Waals surface area contributed by atoms with E-state index in [1.165, 1.54) is 77.7 Å². The number of halogens is 1. The Morgan fingerprint density at radius 1 is 0.659 bits per heavy atom. The van der Waals surface area contributed by atoms with Gasteiger partial charge in [0, 0.05) is 101 Å². The van der Waals surface area contributed by atoms with E-state index >= 15 is 0 Å². The summed E-state index contributed by atoms with van der Waals surface area (Å²) in [5.41, 5.74) is 13.9. The lowest BCUT2D eigenvalue weighted by Gasteiger charge is -2.24. The Morgan fingerprint density at radius 3 is 2.09 bits per heavy atom. The number of benzene rings is 9. The number of ketones is 3. The molecule has 0 radical (unpaired) electrons. The van der Waals surface area contributed by atoms with Crippen molar-refractivity contribution in [3.63, 3.8) is 0 Å². The Hall–Kier alpha value is -14.4. The molecule has 698 valence electrons. The second-order valence-corrected chi connectivity index (χ2v) is 36.3. The maximum atomic E-state index is 13.7. The lowest BCUT2D eigenvalue weighted by Crippen LogP contribution is -2.37. The van der Waals surface area contributed by atoms with Gasteiger partial charge in [0.15, 0.2) is 17.3 Å². The number of hydrogen-bond acceptors (Lipinski definition) is 23. The van der Waals surface area contributed by atoms with Crippen molar-refractivity contribution < 1.29 is 70.5 Å². The van der Waals surface area contributed by atoms with E-state index < -0.39 is 33.0 Å². The van der Waals surface area contributed by atoms with Gasteiger partial charge in [0.2, 0.25) is 21.5 Å². The number of pyridine rings is 2. The highest BCUT2D eigenvalue weighted by Gasteiger charge is 2.32. The monoisotopic (exact) mass is 1940 g/mol. The molecule has 0 saturated heterocycles. The van der Waals surface area contributed by atoms with Gasteiger partial charge in [-0.15, -0.1) is 11.3 Å². The average molecular weight is 1940 g/mol. The maximum absolute atomic E-state index is 13.7. The number of nitrogens with one attached hydrogen (secondary N) is 6. The number of aryl methyl sites for hydroxylation is 2. The second kappa shape index (κ2) is 47.8. The van der Waals surface area contributed by atoms with Crippen molar-refractivity contribution in [2.24, 2.45) is 0 Å². The van der Waals surface area contributed by atoms with Crippen LogP contribution in [0.1, 0.15) is 141 Å². The number of fused-ring (bicyclic) bond motifs is 5. The van der Waals surface area contributed by atoms with Gasteiger partial charge in [-0.3, -0.25) is 57.9 Å². The van der Waals surface area contributed by atoms with Crippen molar-refractivity contribution in [1.29, 1.82) is 5.41 Å². The molecule has 1 aliphatic rings. The number of hydrogen-bond donors (Lipinski definition) is 7. The minimum absolute atomic E-state index is 0.00865. The van der Waals surface area contributed by atoms with Crippen molar-refractivity contribution in [3.8, 4) is 23.0 Å². The zero-order valence-corrected chi connectivity index (χ0v) is 79.8. The lowest BCUT2D eigenvalue weighted by molar-refractivity contribution is -0.134. The summed E-state index contributed by atoms with van der Waals surface area (Å²) < 4.78 is 61.5. The fourth-order valence-corrected chi connectivity index (χ4v) is 18.3. The van der Waals surface area contributed by atoms with Crippen molar-refractivity contribution in [2.75, 3.05) is 75.3 Å². The minimum atomic E-state index is -4.04. The van der Waals surface area contributed by atoms with E-state index in [9.17, 15) is 51.6 Å². The molecule has 0 aliphatic heterocycles. The SMILES string of the molecule is CC(=O)c1cccc(CC(=O)C(=O)Nc2cccc3ccccc23)c1.CCCCCC(=O)CN(C(=O)c1snc(C(=O)NC2CCCCC2)c1N)c1ccc(OC)cc1OC.COCCn1c(=N)c(S(=O)(=O)c2ccc(Br)cc2)cc2c(=O)n3ccccc3nc21.COc1ccc(NC(=O)c2ccc3nc(C)sc3c2)cc1.COc1ccccc1NC(=O)CCCc1c[nH]c2ccccc12. The molecule has 0 bridgehead atoms. The number of anilines is 5. The molecule has 16 rings (SSSR count). The topological polar surface area (TPSA) is 399 Å². The largest absolute Gasteiger partial charge is 0.497 e. The number of aromatic amines is 1. The number of carbonyl (C=O) groups is 8. The van der Waals surface area contributed by atoms with Crippen LogP contribution in [-0.2, 0) is 53.1 Å². The van der Waals surface area contributed by atoms with Crippen LogP contribution in [0.25, 0.3) is 48.6 Å². The van der Waals surface area contributed by atoms with Gasteiger partial charge >= 0.3 is 0 Å². The van der Waals surface area contributed by atoms with Crippen LogP contribution in [0.2, 0.25) is 0 Å². The van der Waals surface area contributed by atoms with Gasteiger partial charge in [0.25, 0.3) is 29.2 Å². The third-order valence-electron chi connectivity index (χ3n) is 22.1. The summed E-state index contributed by atoms with van der Waals surface area (Å²) in [6.07, 6.45) is 13.9. The number of aromatic nitrogens is 6. The number of rotatable bonds is 31. The standard InChI is InChI=1S/C26H36N4O5S.C21H17NO3.C20H17BrN4O4S.C19H20N2O2.C16H14N2O2S/c1-4-5-7-12-18(31)16-30(20-14-13-19(34-2)15-21(20)35-3)26(33)24-22(27)23(29-36-24)25(32)28-17-10-8-6-9-11-17;1-14(23)17-9-4-6-15(12-17)13-20(24)21(25)22-19-11-5-8-16-7-2-3-10-18(16)19;1-29-11-10-25-18(22)16(30(27,28)14-7-5-13(21)6-8-14)12-15-19(25)23-17-4-2-3-9-24(17)20(15)26;1-23-18-11-5-4-10-17(18)21-19(22)12-6-7-14-13-20-16-9-3-2-8-15(14)16;1-10-17-14-8-3-11(9-15(14)21-10)16(19)18-12-4-6-13(20-2)7-5-12/h13-15,17H,4-12,16,27H2,1-3H3,(H,28,32);2-12H,13H2,1H3,(H,22,25);2-9,12,22H,10-11H2,1H3;2-5,8-11,13,20H,6-7,12H2,1H3,(H,21,22);3-9H,1-2H3,(H,18,19). The molecule has 33 heteroatoms. The number of nitrogens with zero attached hydrogens (tertiary/aromatic N) is 6. The maximum Gasteiger partial charge on any atom is 0.292 e. The highest BCUT2D eigenvalue weighted by Crippen LogP contribution is 2.37. The molecule has 0 unspecified atom stereocenters. The number of unbranched alkanes of at least 4 members (excludes halogenated alkanes) is 2. The normalized spacial score (nSPS) is 11.7. The summed E-state index contributed by atoms with van der Waals surface area (Å²) in [4.78, 5) is 126. The van der Waals surface area contributed by atoms with Gasteiger partial charge in [-0.05, 0) is 201 Å². The van der Waals surface area contributed by atoms with Gasteiger partial charge in [-0.1, -0.05) is 146 Å². The van der Waals surface area contributed by atoms with E-state index in [0.717, 1.165) is 117 Å². The van der Waals surface area contributed by atoms with Gasteiger partial charge in [-0.25, -0.2) is 18.4 Å². The number of amides is 5. The number of Topliss-reactive ketones (excluding diaryl/α,β-unsaturated/α-hetero) is 3. The first-order valence-corrected chi connectivity index (χ1v) is 47.5. The molecule has 15 aromatic rings. The van der Waals surface area contributed by atoms with Crippen LogP contribution in [0.3, 0.4) is 0 Å². The molecule has 0 atom stereocenters. The molecule has 6 heterocycles. The molecule has 0 spiro atoms. The molecule has 8 N–H and O–H groups in total. The van der Waals surface area contributed by atoms with Gasteiger partial charge in [-0.2, -0.15) is 4.37 Å². The second-order valence-electron chi connectivity index (χ2n) is 31.4. The summed E-state index contributed by atoms with van der Waals surface area (Å²) >= 11 is 5.74. The van der Waals surface area contributed by atoms with E-state index in [-0.39, 0.29) is 104 Å². The third kappa shape index (κ3) is 25.9. The summed E-state index contributed by atoms with van der Waals surface area (Å²) in [7, 11) is 3.69. The zero-order valence-electron chi connectivity index (χ0n) is 75.8. The minimum Gasteiger partial charge on any atom is -0.497 e. The van der Waals surface area contributed by atoms with E-state index in [0.29, 0.717) is 69.5 Å². The Kier molecular flexibility index (Phi) is 35.3. The summed E-state index contributed by atoms with van der Waals surface area (Å²) in [5.74, 6) is 0.00170. The molecule has 5 amide bonds. The number of methoxy groups -OCH3 is 5. The van der Waals surface area contributed by atoms with E-state index in [1.54, 1.807) is 117 Å². The first-order chi connectivity index (χ1) is 65.2. The predicted molar refractivity (Wildman–Crippen MR) is 531 cm³/mol. The molecular weight excluding hydrogens is 1840 g/mol. The predicted octanol–water partition coefficient (Wildman–Crippen LogP) is 18.8. The fourth-order valence-electron chi connectivity index (χ4n) is 15.0. The molecule has 135 heavy (non-hydrogen) atoms. The van der Waals surface area contributed by atoms with E-state index in [2.05, 4.69) is 75.6 Å². The van der Waals surface area contributed by atoms with Crippen LogP contribution in [0.5, 0.6) is 23.0 Å². The van der Waals surface area contributed by atoms with E-state index in [4.69, 9.17) is 34.8 Å². The zero-order chi connectivity index (χ0) is 96.2. The fraction of sp³-hybridized carbons (Fsp3) is 0.245. The van der Waals surface area contributed by atoms with Crippen LogP contribution in [-0.4, -0.2) is 138 Å². The smallest absolute Gasteiger partial charge is 0.292 e. The number of sulfone groups is 1. The Morgan fingerprint density at radius 2 is 1.36 bits per heavy atom. The van der Waals surface area contributed by atoms with Crippen LogP contribution in [0, 0.1) is 12.3 Å². The molecule has 29 nitrogen and oxygen atoms in total. The Labute approximate surface area is 796 Å². The summed E-state index contributed by atoms with van der Waals surface area (Å²) in [5, 5.41) is 24.3.